The van der Waals surface area contributed by atoms with E-state index >= 15 is 0 Å². The number of allylic oxidation sites excluding steroid dienone is 6. The van der Waals surface area contributed by atoms with Gasteiger partial charge in [0.2, 0.25) is 5.91 Å². The van der Waals surface area contributed by atoms with Crippen LogP contribution >= 0.6 is 0 Å². The Balaban J connectivity index is 0.000000204. The highest BCUT2D eigenvalue weighted by molar-refractivity contribution is 5.75. The highest BCUT2D eigenvalue weighted by atomic mass is 16.5. The number of para-hydroxylation sites is 1. The number of benzene rings is 1. The van der Waals surface area contributed by atoms with Crippen LogP contribution in [0.15, 0.2) is 66.3 Å². The molecule has 0 unspecified atom stereocenters. The van der Waals surface area contributed by atoms with Gasteiger partial charge in [0.25, 0.3) is 0 Å². The predicted molar refractivity (Wildman–Crippen MR) is 115 cm³/mol. The zero-order valence-corrected chi connectivity index (χ0v) is 17.0. The van der Waals surface area contributed by atoms with E-state index in [0.717, 1.165) is 31.6 Å². The van der Waals surface area contributed by atoms with Gasteiger partial charge in [0, 0.05) is 32.2 Å². The van der Waals surface area contributed by atoms with Crippen LogP contribution < -0.4 is 5.32 Å². The SMILES string of the molecule is CCC(=O)N1CCOCC1.CCC1=CCC=CC=C1.CNc1ccccc1. The normalized spacial score (nSPS) is 15.4. The minimum atomic E-state index is 0.239. The molecule has 0 saturated carbocycles. The lowest BCUT2D eigenvalue weighted by Crippen LogP contribution is -2.40. The van der Waals surface area contributed by atoms with Gasteiger partial charge in [-0.2, -0.15) is 0 Å². The maximum Gasteiger partial charge on any atom is 0.222 e. The topological polar surface area (TPSA) is 41.6 Å². The molecule has 0 radical (unpaired) electrons. The molecule has 1 N–H and O–H groups in total. The van der Waals surface area contributed by atoms with Crippen molar-refractivity contribution in [1.82, 2.24) is 4.90 Å². The molecule has 4 nitrogen and oxygen atoms in total. The zero-order chi connectivity index (χ0) is 19.7. The number of rotatable bonds is 3. The summed E-state index contributed by atoms with van der Waals surface area (Å²) in [5.74, 6) is 0.239. The van der Waals surface area contributed by atoms with Crippen LogP contribution in [0.3, 0.4) is 0 Å². The largest absolute Gasteiger partial charge is 0.388 e. The first-order valence-corrected chi connectivity index (χ1v) is 9.81. The number of morpholine rings is 1. The van der Waals surface area contributed by atoms with Crippen molar-refractivity contribution in [2.45, 2.75) is 33.1 Å². The summed E-state index contributed by atoms with van der Waals surface area (Å²) < 4.78 is 5.10. The van der Waals surface area contributed by atoms with Gasteiger partial charge in [-0.05, 0) is 25.0 Å². The van der Waals surface area contributed by atoms with Crippen molar-refractivity contribution in [3.8, 4) is 0 Å². The number of hydrogen-bond donors (Lipinski definition) is 1. The highest BCUT2D eigenvalue weighted by Crippen LogP contribution is 2.07. The van der Waals surface area contributed by atoms with Crippen LogP contribution in [0.2, 0.25) is 0 Å². The fourth-order valence-corrected chi connectivity index (χ4v) is 2.53. The lowest BCUT2D eigenvalue weighted by Gasteiger charge is -2.26. The number of hydrogen-bond acceptors (Lipinski definition) is 3. The number of nitrogens with zero attached hydrogens (tertiary/aromatic N) is 1. The maximum absolute atomic E-state index is 11.0. The second-order valence-corrected chi connectivity index (χ2v) is 6.12. The summed E-state index contributed by atoms with van der Waals surface area (Å²) in [6.07, 6.45) is 13.7. The molecule has 1 aliphatic heterocycles. The van der Waals surface area contributed by atoms with Crippen molar-refractivity contribution in [3.05, 3.63) is 66.3 Å². The fraction of sp³-hybridized carbons (Fsp3) is 0.435. The van der Waals surface area contributed by atoms with Crippen LogP contribution in [0.25, 0.3) is 0 Å². The van der Waals surface area contributed by atoms with E-state index in [9.17, 15) is 4.79 Å². The van der Waals surface area contributed by atoms with Crippen molar-refractivity contribution in [2.75, 3.05) is 38.7 Å². The van der Waals surface area contributed by atoms with Gasteiger partial charge in [-0.3, -0.25) is 4.79 Å². The summed E-state index contributed by atoms with van der Waals surface area (Å²) in [4.78, 5) is 12.9. The molecule has 27 heavy (non-hydrogen) atoms. The molecule has 1 saturated heterocycles. The van der Waals surface area contributed by atoms with Crippen molar-refractivity contribution < 1.29 is 9.53 Å². The Morgan fingerprint density at radius 2 is 1.81 bits per heavy atom. The number of ether oxygens (including phenoxy) is 1. The molecule has 1 fully saturated rings. The average Bonchev–Trinajstić information content (AvgIpc) is 3.04. The summed E-state index contributed by atoms with van der Waals surface area (Å²) in [7, 11) is 1.91. The Hall–Kier alpha value is -2.33. The van der Waals surface area contributed by atoms with Gasteiger partial charge >= 0.3 is 0 Å². The lowest BCUT2D eigenvalue weighted by molar-refractivity contribution is -0.134. The van der Waals surface area contributed by atoms with E-state index in [0.29, 0.717) is 19.6 Å². The Kier molecular flexibility index (Phi) is 12.4. The minimum Gasteiger partial charge on any atom is -0.388 e. The van der Waals surface area contributed by atoms with Gasteiger partial charge in [-0.1, -0.05) is 68.0 Å². The van der Waals surface area contributed by atoms with Crippen molar-refractivity contribution in [2.24, 2.45) is 0 Å². The third kappa shape index (κ3) is 10.4. The van der Waals surface area contributed by atoms with Crippen LogP contribution in [-0.4, -0.2) is 44.2 Å². The fourth-order valence-electron chi connectivity index (χ4n) is 2.53. The number of nitrogens with one attached hydrogen (secondary N) is 1. The first-order valence-electron chi connectivity index (χ1n) is 9.81. The molecule has 1 aliphatic carbocycles. The molecule has 1 amide bonds. The van der Waals surface area contributed by atoms with Crippen LogP contribution in [-0.2, 0) is 9.53 Å². The molecule has 0 bridgehead atoms. The summed E-state index contributed by atoms with van der Waals surface area (Å²) in [5.41, 5.74) is 2.60. The molecule has 3 rings (SSSR count). The summed E-state index contributed by atoms with van der Waals surface area (Å²) in [6, 6.07) is 10.1. The second kappa shape index (κ2) is 14.8. The van der Waals surface area contributed by atoms with E-state index in [1.54, 1.807) is 0 Å². The molecule has 0 aromatic heterocycles. The highest BCUT2D eigenvalue weighted by Gasteiger charge is 2.13. The van der Waals surface area contributed by atoms with Gasteiger partial charge in [-0.15, -0.1) is 0 Å². The van der Waals surface area contributed by atoms with E-state index in [-0.39, 0.29) is 5.91 Å². The Labute approximate surface area is 164 Å². The smallest absolute Gasteiger partial charge is 0.222 e. The standard InChI is InChI=1S/C9H12.C7H13NO2.C7H9N/c1-2-9-7-5-3-4-6-8-9;1-2-7(9)8-3-5-10-6-4-8;1-8-7-5-3-2-4-6-7/h3-5,7-8H,2,6H2,1H3;2-6H2,1H3;2-6,8H,1H3. The quantitative estimate of drug-likeness (QED) is 0.829. The van der Waals surface area contributed by atoms with Crippen molar-refractivity contribution in [1.29, 1.82) is 0 Å². The number of amides is 1. The van der Waals surface area contributed by atoms with E-state index in [2.05, 4.69) is 42.6 Å². The van der Waals surface area contributed by atoms with E-state index < -0.39 is 0 Å². The number of carbonyl (C=O) groups excluding carboxylic acids is 1. The van der Waals surface area contributed by atoms with Crippen LogP contribution in [0, 0.1) is 0 Å². The van der Waals surface area contributed by atoms with Crippen LogP contribution in [0.1, 0.15) is 33.1 Å². The molecule has 1 aromatic rings. The molecule has 1 heterocycles. The van der Waals surface area contributed by atoms with E-state index in [4.69, 9.17) is 4.74 Å². The third-order valence-corrected chi connectivity index (χ3v) is 4.21. The van der Waals surface area contributed by atoms with Gasteiger partial charge in [0.1, 0.15) is 0 Å². The monoisotopic (exact) mass is 370 g/mol. The predicted octanol–water partition coefficient (Wildman–Crippen LogP) is 4.82. The number of anilines is 1. The molecular weight excluding hydrogens is 336 g/mol. The van der Waals surface area contributed by atoms with Crippen molar-refractivity contribution >= 4 is 11.6 Å². The third-order valence-electron chi connectivity index (χ3n) is 4.21. The summed E-state index contributed by atoms with van der Waals surface area (Å²) in [6.45, 7) is 7.01. The average molecular weight is 371 g/mol. The van der Waals surface area contributed by atoms with E-state index in [1.807, 2.05) is 49.2 Å². The molecule has 0 atom stereocenters. The second-order valence-electron chi connectivity index (χ2n) is 6.12. The molecule has 0 spiro atoms. The minimum absolute atomic E-state index is 0.239. The van der Waals surface area contributed by atoms with Gasteiger partial charge in [0.15, 0.2) is 0 Å². The van der Waals surface area contributed by atoms with Crippen molar-refractivity contribution in [3.63, 3.8) is 0 Å². The lowest BCUT2D eigenvalue weighted by atomic mass is 10.2. The van der Waals surface area contributed by atoms with E-state index in [1.165, 1.54) is 5.57 Å². The molecule has 1 aromatic carbocycles. The Bertz CT molecular complexity index is 600. The Morgan fingerprint density at radius 3 is 2.37 bits per heavy atom. The molecule has 2 aliphatic rings. The molecule has 4 heteroatoms. The van der Waals surface area contributed by atoms with Crippen LogP contribution in [0.5, 0.6) is 0 Å². The first-order chi connectivity index (χ1) is 13.2. The Morgan fingerprint density at radius 1 is 1.11 bits per heavy atom. The molecule has 148 valence electrons. The zero-order valence-electron chi connectivity index (χ0n) is 17.0. The van der Waals surface area contributed by atoms with Gasteiger partial charge in [-0.25, -0.2) is 0 Å². The molecular formula is C23H34N2O2. The number of carbonyl (C=O) groups is 1. The van der Waals surface area contributed by atoms with Gasteiger partial charge < -0.3 is 15.0 Å². The maximum atomic E-state index is 11.0. The van der Waals surface area contributed by atoms with Crippen LogP contribution in [0.4, 0.5) is 5.69 Å². The van der Waals surface area contributed by atoms with Gasteiger partial charge in [0.05, 0.1) is 13.2 Å². The summed E-state index contributed by atoms with van der Waals surface area (Å²) >= 11 is 0. The summed E-state index contributed by atoms with van der Waals surface area (Å²) in [5, 5.41) is 3.03. The first kappa shape index (κ1) is 22.7.